The summed E-state index contributed by atoms with van der Waals surface area (Å²) in [6.07, 6.45) is 5.58. The Morgan fingerprint density at radius 2 is 0.863 bits per heavy atom. The molecule has 7 aromatic carbocycles. The van der Waals surface area contributed by atoms with E-state index in [1.54, 1.807) is 0 Å². The molecule has 0 bridgehead atoms. The van der Waals surface area contributed by atoms with Crippen molar-refractivity contribution in [3.05, 3.63) is 180 Å². The first-order valence-corrected chi connectivity index (χ1v) is 17.9. The van der Waals surface area contributed by atoms with E-state index in [0.29, 0.717) is 0 Å². The maximum Gasteiger partial charge on any atom is 0.0541 e. The van der Waals surface area contributed by atoms with Gasteiger partial charge in [0.25, 0.3) is 0 Å². The van der Waals surface area contributed by atoms with Crippen LogP contribution < -0.4 is 10.6 Å². The van der Waals surface area contributed by atoms with E-state index < -0.39 is 0 Å². The molecule has 2 aromatic heterocycles. The first-order valence-electron chi connectivity index (χ1n) is 17.9. The van der Waals surface area contributed by atoms with Crippen LogP contribution in [0.25, 0.3) is 89.6 Å². The van der Waals surface area contributed by atoms with E-state index in [2.05, 4.69) is 205 Å². The summed E-state index contributed by atoms with van der Waals surface area (Å²) < 4.78 is 4.83. The zero-order valence-corrected chi connectivity index (χ0v) is 28.9. The Labute approximate surface area is 298 Å². The second kappa shape index (κ2) is 12.8. The highest BCUT2D eigenvalue weighted by molar-refractivity contribution is 6.12. The lowest BCUT2D eigenvalue weighted by molar-refractivity contribution is 1.06. The number of hydrogen-bond acceptors (Lipinski definition) is 0. The molecule has 0 spiro atoms. The minimum atomic E-state index is 0.969. The molecule has 9 rings (SSSR count). The third-order valence-electron chi connectivity index (χ3n) is 10.2. The molecule has 2 nitrogen and oxygen atoms in total. The third kappa shape index (κ3) is 5.28. The number of fused-ring (bicyclic) bond motifs is 4. The maximum absolute atomic E-state index is 2.43. The molecule has 0 N–H and O–H groups in total. The van der Waals surface area contributed by atoms with Crippen LogP contribution in [-0.2, 0) is 0 Å². The predicted octanol–water partition coefficient (Wildman–Crippen LogP) is 11.7. The van der Waals surface area contributed by atoms with Gasteiger partial charge < -0.3 is 9.13 Å². The van der Waals surface area contributed by atoms with Gasteiger partial charge in [0.05, 0.1) is 16.6 Å². The van der Waals surface area contributed by atoms with E-state index in [9.17, 15) is 0 Å². The summed E-state index contributed by atoms with van der Waals surface area (Å²) in [7, 11) is 0. The summed E-state index contributed by atoms with van der Waals surface area (Å²) in [6.45, 7) is 4.37. The van der Waals surface area contributed by atoms with Crippen molar-refractivity contribution in [3.8, 4) is 44.8 Å². The summed E-state index contributed by atoms with van der Waals surface area (Å²) in [4.78, 5) is 0. The summed E-state index contributed by atoms with van der Waals surface area (Å²) in [5.74, 6) is 0. The highest BCUT2D eigenvalue weighted by atomic mass is 15.0. The van der Waals surface area contributed by atoms with Crippen molar-refractivity contribution < 1.29 is 0 Å². The molecular formula is C49H38N2. The summed E-state index contributed by atoms with van der Waals surface area (Å²) in [6, 6.07) is 61.8. The van der Waals surface area contributed by atoms with Crippen molar-refractivity contribution in [2.24, 2.45) is 0 Å². The van der Waals surface area contributed by atoms with Gasteiger partial charge in [-0.3, -0.25) is 0 Å². The van der Waals surface area contributed by atoms with Gasteiger partial charge in [0, 0.05) is 38.1 Å². The number of aromatic nitrogens is 2. The first kappa shape index (κ1) is 30.7. The molecule has 2 heterocycles. The number of nitrogens with zero attached hydrogens (tertiary/aromatic N) is 2. The van der Waals surface area contributed by atoms with Crippen molar-refractivity contribution in [1.29, 1.82) is 0 Å². The van der Waals surface area contributed by atoms with Crippen LogP contribution in [-0.4, -0.2) is 9.13 Å². The second-order valence-electron chi connectivity index (χ2n) is 13.2. The smallest absolute Gasteiger partial charge is 0.0541 e. The zero-order chi connectivity index (χ0) is 34.3. The topological polar surface area (TPSA) is 9.86 Å². The fraction of sp³-hybridized carbons (Fsp3) is 0.0612. The van der Waals surface area contributed by atoms with E-state index in [-0.39, 0.29) is 0 Å². The molecule has 0 aliphatic heterocycles. The fourth-order valence-electron chi connectivity index (χ4n) is 7.81. The lowest BCUT2D eigenvalue weighted by Gasteiger charge is -2.11. The third-order valence-corrected chi connectivity index (χ3v) is 10.2. The molecule has 0 saturated heterocycles. The normalized spacial score (nSPS) is 12.4. The first-order chi connectivity index (χ1) is 25.2. The van der Waals surface area contributed by atoms with Crippen molar-refractivity contribution in [1.82, 2.24) is 9.13 Å². The van der Waals surface area contributed by atoms with Crippen LogP contribution in [0, 0.1) is 0 Å². The van der Waals surface area contributed by atoms with Crippen LogP contribution in [0.15, 0.2) is 170 Å². The molecule has 51 heavy (non-hydrogen) atoms. The molecule has 0 atom stereocenters. The van der Waals surface area contributed by atoms with Gasteiger partial charge in [-0.15, -0.1) is 0 Å². The molecule has 2 heteroatoms. The van der Waals surface area contributed by atoms with Gasteiger partial charge in [0.15, 0.2) is 0 Å². The minimum Gasteiger partial charge on any atom is -0.310 e. The van der Waals surface area contributed by atoms with Crippen LogP contribution >= 0.6 is 0 Å². The molecule has 0 saturated carbocycles. The average Bonchev–Trinajstić information content (AvgIpc) is 3.70. The van der Waals surface area contributed by atoms with Gasteiger partial charge in [-0.05, 0) is 107 Å². The Balaban J connectivity index is 1.27. The Morgan fingerprint density at radius 3 is 1.41 bits per heavy atom. The molecule has 0 aliphatic carbocycles. The largest absolute Gasteiger partial charge is 0.310 e. The van der Waals surface area contributed by atoms with E-state index in [4.69, 9.17) is 0 Å². The van der Waals surface area contributed by atoms with Gasteiger partial charge in [-0.2, -0.15) is 0 Å². The lowest BCUT2D eigenvalue weighted by Crippen LogP contribution is -2.28. The van der Waals surface area contributed by atoms with E-state index in [0.717, 1.165) is 12.1 Å². The maximum atomic E-state index is 2.43. The second-order valence-corrected chi connectivity index (χ2v) is 13.2. The van der Waals surface area contributed by atoms with Crippen LogP contribution in [0.4, 0.5) is 0 Å². The van der Waals surface area contributed by atoms with Gasteiger partial charge in [-0.25, -0.2) is 0 Å². The zero-order valence-electron chi connectivity index (χ0n) is 28.9. The number of para-hydroxylation sites is 1. The van der Waals surface area contributed by atoms with Crippen molar-refractivity contribution in [3.63, 3.8) is 0 Å². The van der Waals surface area contributed by atoms with Crippen molar-refractivity contribution in [2.45, 2.75) is 20.3 Å². The molecule has 9 aromatic rings. The number of benzene rings is 7. The van der Waals surface area contributed by atoms with Gasteiger partial charge in [0.1, 0.15) is 0 Å². The molecular weight excluding hydrogens is 617 g/mol. The Hall–Kier alpha value is -6.38. The molecule has 0 unspecified atom stereocenters. The van der Waals surface area contributed by atoms with E-state index >= 15 is 0 Å². The Kier molecular flexibility index (Phi) is 7.71. The van der Waals surface area contributed by atoms with Crippen LogP contribution in [0.5, 0.6) is 0 Å². The predicted molar refractivity (Wildman–Crippen MR) is 218 cm³/mol. The fourth-order valence-corrected chi connectivity index (χ4v) is 7.81. The van der Waals surface area contributed by atoms with Crippen LogP contribution in [0.2, 0.25) is 0 Å². The summed E-state index contributed by atoms with van der Waals surface area (Å²) >= 11 is 0. The highest BCUT2D eigenvalue weighted by Crippen LogP contribution is 2.38. The van der Waals surface area contributed by atoms with Crippen molar-refractivity contribution >= 4 is 44.9 Å². The van der Waals surface area contributed by atoms with E-state index in [1.165, 1.54) is 82.3 Å². The highest BCUT2D eigenvalue weighted by Gasteiger charge is 2.16. The Morgan fingerprint density at radius 1 is 0.412 bits per heavy atom. The SMILES string of the molecule is C/C=c1\c(=C/CC)n(-c2ccccc2)c2ccc(-c3ccc4c(c3)c3cc(-c5ccccc5)ccc3n4-c3cccc(-c4ccccc4)c3)cc12. The average molecular weight is 655 g/mol. The van der Waals surface area contributed by atoms with Crippen molar-refractivity contribution in [2.75, 3.05) is 0 Å². The van der Waals surface area contributed by atoms with Crippen LogP contribution in [0.3, 0.4) is 0 Å². The summed E-state index contributed by atoms with van der Waals surface area (Å²) in [5, 5.41) is 6.29. The quantitative estimate of drug-likeness (QED) is 0.169. The standard InChI is InChI=1S/C49H38N2/c1-3-15-46-42(4-2)43-32-38(25-28-47(43)50(46)40-21-12-7-13-22-40)39-26-29-49-45(33-39)44-31-37(35-18-10-6-11-19-35)24-27-48(44)51(49)41-23-14-20-36(30-41)34-16-8-5-9-17-34/h4-33H,3H2,1-2H3/b42-4-,46-15+. The minimum absolute atomic E-state index is 0.969. The van der Waals surface area contributed by atoms with Gasteiger partial charge >= 0.3 is 0 Å². The molecule has 0 fully saturated rings. The summed E-state index contributed by atoms with van der Waals surface area (Å²) in [5.41, 5.74) is 13.2. The molecule has 244 valence electrons. The molecule has 0 aliphatic rings. The number of hydrogen-bond donors (Lipinski definition) is 0. The van der Waals surface area contributed by atoms with Crippen LogP contribution in [0.1, 0.15) is 20.3 Å². The monoisotopic (exact) mass is 654 g/mol. The van der Waals surface area contributed by atoms with Gasteiger partial charge in [-0.1, -0.05) is 128 Å². The van der Waals surface area contributed by atoms with E-state index in [1.807, 2.05) is 0 Å². The Bertz CT molecular complexity index is 2820. The molecule has 0 amide bonds. The van der Waals surface area contributed by atoms with Gasteiger partial charge in [0.2, 0.25) is 0 Å². The molecule has 0 radical (unpaired) electrons. The number of rotatable bonds is 6. The lowest BCUT2D eigenvalue weighted by atomic mass is 9.99.